The first-order valence-corrected chi connectivity index (χ1v) is 6.22. The van der Waals surface area contributed by atoms with Crippen molar-refractivity contribution in [2.75, 3.05) is 13.2 Å². The molecule has 0 aromatic carbocycles. The van der Waals surface area contributed by atoms with Gasteiger partial charge in [0.05, 0.1) is 12.0 Å². The molecule has 6 nitrogen and oxygen atoms in total. The molecule has 0 amide bonds. The van der Waals surface area contributed by atoms with Crippen LogP contribution >= 0.6 is 0 Å². The molecule has 3 N–H and O–H groups in total. The number of hydrogen-bond donors (Lipinski definition) is 2. The molecule has 1 aromatic rings. The van der Waals surface area contributed by atoms with E-state index in [0.717, 1.165) is 38.3 Å². The Kier molecular flexibility index (Phi) is 4.33. The van der Waals surface area contributed by atoms with Gasteiger partial charge in [-0.25, -0.2) is 4.98 Å². The molecule has 0 aliphatic carbocycles. The fourth-order valence-electron chi connectivity index (χ4n) is 2.15. The van der Waals surface area contributed by atoms with Crippen LogP contribution in [-0.2, 0) is 22.5 Å². The van der Waals surface area contributed by atoms with E-state index in [0.29, 0.717) is 5.92 Å². The number of nitrogens with zero attached hydrogens (tertiary/aromatic N) is 2. The van der Waals surface area contributed by atoms with E-state index in [1.165, 1.54) is 0 Å². The van der Waals surface area contributed by atoms with E-state index in [1.807, 2.05) is 10.8 Å². The summed E-state index contributed by atoms with van der Waals surface area (Å²) in [6.45, 7) is 2.57. The van der Waals surface area contributed by atoms with Gasteiger partial charge in [0.15, 0.2) is 0 Å². The summed E-state index contributed by atoms with van der Waals surface area (Å²) < 4.78 is 7.33. The lowest BCUT2D eigenvalue weighted by Gasteiger charge is -2.22. The normalized spacial score (nSPS) is 18.7. The van der Waals surface area contributed by atoms with E-state index >= 15 is 0 Å². The van der Waals surface area contributed by atoms with Crippen LogP contribution in [0, 0.1) is 5.92 Å². The van der Waals surface area contributed by atoms with E-state index in [1.54, 1.807) is 6.33 Å². The smallest absolute Gasteiger partial charge is 0.320 e. The average Bonchev–Trinajstić information content (AvgIpc) is 2.77. The maximum absolute atomic E-state index is 10.7. The predicted octanol–water partition coefficient (Wildman–Crippen LogP) is 0.264. The summed E-state index contributed by atoms with van der Waals surface area (Å²) in [4.78, 5) is 14.8. The van der Waals surface area contributed by atoms with Crippen molar-refractivity contribution >= 4 is 5.97 Å². The molecule has 0 spiro atoms. The third-order valence-corrected chi connectivity index (χ3v) is 3.24. The van der Waals surface area contributed by atoms with E-state index in [-0.39, 0.29) is 6.42 Å². The van der Waals surface area contributed by atoms with Gasteiger partial charge in [0.25, 0.3) is 0 Å². The Hall–Kier alpha value is -1.40. The molecule has 1 fully saturated rings. The van der Waals surface area contributed by atoms with Crippen molar-refractivity contribution in [1.29, 1.82) is 0 Å². The topological polar surface area (TPSA) is 90.4 Å². The molecule has 1 unspecified atom stereocenters. The van der Waals surface area contributed by atoms with Gasteiger partial charge in [-0.15, -0.1) is 0 Å². The highest BCUT2D eigenvalue weighted by Crippen LogP contribution is 2.17. The number of ether oxygens (including phenoxy) is 1. The molecule has 100 valence electrons. The Morgan fingerprint density at radius 2 is 2.33 bits per heavy atom. The van der Waals surface area contributed by atoms with Gasteiger partial charge in [0, 0.05) is 32.4 Å². The highest BCUT2D eigenvalue weighted by molar-refractivity contribution is 5.73. The number of imidazole rings is 1. The van der Waals surface area contributed by atoms with Gasteiger partial charge in [0.2, 0.25) is 0 Å². The first-order valence-electron chi connectivity index (χ1n) is 6.22. The van der Waals surface area contributed by atoms with Gasteiger partial charge in [-0.1, -0.05) is 0 Å². The van der Waals surface area contributed by atoms with E-state index in [2.05, 4.69) is 4.98 Å². The zero-order chi connectivity index (χ0) is 13.0. The third kappa shape index (κ3) is 3.54. The van der Waals surface area contributed by atoms with Crippen LogP contribution in [0.4, 0.5) is 0 Å². The maximum atomic E-state index is 10.7. The third-order valence-electron chi connectivity index (χ3n) is 3.24. The minimum atomic E-state index is -0.992. The molecule has 0 bridgehead atoms. The van der Waals surface area contributed by atoms with Crippen molar-refractivity contribution in [3.8, 4) is 0 Å². The van der Waals surface area contributed by atoms with Crippen molar-refractivity contribution in [3.63, 3.8) is 0 Å². The fraction of sp³-hybridized carbons (Fsp3) is 0.667. The van der Waals surface area contributed by atoms with Gasteiger partial charge >= 0.3 is 5.97 Å². The van der Waals surface area contributed by atoms with E-state index in [9.17, 15) is 4.79 Å². The number of carbonyl (C=O) groups is 1. The van der Waals surface area contributed by atoms with E-state index < -0.39 is 12.0 Å². The SMILES string of the molecule is NC(Cc1cn(CC2CCOCC2)cn1)C(=O)O. The van der Waals surface area contributed by atoms with Crippen LogP contribution in [0.1, 0.15) is 18.5 Å². The lowest BCUT2D eigenvalue weighted by atomic mass is 10.0. The lowest BCUT2D eigenvalue weighted by molar-refractivity contribution is -0.138. The van der Waals surface area contributed by atoms with Crippen LogP contribution in [0.3, 0.4) is 0 Å². The fourth-order valence-corrected chi connectivity index (χ4v) is 2.15. The number of carboxylic acids is 1. The van der Waals surface area contributed by atoms with Gasteiger partial charge in [-0.2, -0.15) is 0 Å². The second kappa shape index (κ2) is 5.97. The molecule has 1 aliphatic heterocycles. The summed E-state index contributed by atoms with van der Waals surface area (Å²) in [5.74, 6) is -0.372. The molecule has 1 saturated heterocycles. The van der Waals surface area contributed by atoms with Crippen molar-refractivity contribution in [1.82, 2.24) is 9.55 Å². The van der Waals surface area contributed by atoms with Crippen molar-refractivity contribution < 1.29 is 14.6 Å². The molecule has 0 saturated carbocycles. The average molecular weight is 253 g/mol. The van der Waals surface area contributed by atoms with Gasteiger partial charge in [-0.3, -0.25) is 4.79 Å². The Balaban J connectivity index is 1.87. The molecular formula is C12H19N3O3. The zero-order valence-electron chi connectivity index (χ0n) is 10.3. The lowest BCUT2D eigenvalue weighted by Crippen LogP contribution is -2.32. The van der Waals surface area contributed by atoms with Crippen LogP contribution in [-0.4, -0.2) is 39.9 Å². The number of aliphatic carboxylic acids is 1. The van der Waals surface area contributed by atoms with Crippen molar-refractivity contribution in [3.05, 3.63) is 18.2 Å². The first-order chi connectivity index (χ1) is 8.65. The van der Waals surface area contributed by atoms with Crippen LogP contribution in [0.2, 0.25) is 0 Å². The number of carboxylic acid groups (broad SMARTS) is 1. The predicted molar refractivity (Wildman–Crippen MR) is 65.1 cm³/mol. The minimum Gasteiger partial charge on any atom is -0.480 e. The van der Waals surface area contributed by atoms with Gasteiger partial charge in [-0.05, 0) is 18.8 Å². The zero-order valence-corrected chi connectivity index (χ0v) is 10.3. The van der Waals surface area contributed by atoms with Crippen LogP contribution < -0.4 is 5.73 Å². The highest BCUT2D eigenvalue weighted by Gasteiger charge is 2.16. The molecule has 2 rings (SSSR count). The second-order valence-electron chi connectivity index (χ2n) is 4.77. The molecule has 1 atom stereocenters. The highest BCUT2D eigenvalue weighted by atomic mass is 16.5. The van der Waals surface area contributed by atoms with Crippen LogP contribution in [0.5, 0.6) is 0 Å². The molecule has 18 heavy (non-hydrogen) atoms. The number of aromatic nitrogens is 2. The maximum Gasteiger partial charge on any atom is 0.320 e. The molecule has 6 heteroatoms. The molecule has 2 heterocycles. The number of hydrogen-bond acceptors (Lipinski definition) is 4. The summed E-state index contributed by atoms with van der Waals surface area (Å²) in [6.07, 6.45) is 6.05. The molecule has 1 aliphatic rings. The monoisotopic (exact) mass is 253 g/mol. The minimum absolute atomic E-state index is 0.274. The van der Waals surface area contributed by atoms with Crippen LogP contribution in [0.15, 0.2) is 12.5 Å². The molecule has 1 aromatic heterocycles. The largest absolute Gasteiger partial charge is 0.480 e. The van der Waals surface area contributed by atoms with Gasteiger partial charge < -0.3 is 20.1 Å². The number of nitrogens with two attached hydrogens (primary N) is 1. The van der Waals surface area contributed by atoms with Crippen molar-refractivity contribution in [2.45, 2.75) is 31.8 Å². The standard InChI is InChI=1S/C12H19N3O3/c13-11(12(16)17)5-10-7-15(8-14-10)6-9-1-3-18-4-2-9/h7-9,11H,1-6,13H2,(H,16,17). The Bertz CT molecular complexity index is 399. The summed E-state index contributed by atoms with van der Waals surface area (Å²) >= 11 is 0. The van der Waals surface area contributed by atoms with Crippen molar-refractivity contribution in [2.24, 2.45) is 11.7 Å². The quantitative estimate of drug-likeness (QED) is 0.785. The van der Waals surface area contributed by atoms with Crippen LogP contribution in [0.25, 0.3) is 0 Å². The first kappa shape index (κ1) is 13.0. The number of rotatable bonds is 5. The second-order valence-corrected chi connectivity index (χ2v) is 4.77. The summed E-state index contributed by atoms with van der Waals surface area (Å²) in [5, 5.41) is 8.74. The molecule has 0 radical (unpaired) electrons. The Morgan fingerprint density at radius 3 is 3.00 bits per heavy atom. The Labute approximate surface area is 106 Å². The Morgan fingerprint density at radius 1 is 1.61 bits per heavy atom. The molecular weight excluding hydrogens is 234 g/mol. The van der Waals surface area contributed by atoms with Gasteiger partial charge in [0.1, 0.15) is 6.04 Å². The summed E-state index contributed by atoms with van der Waals surface area (Å²) in [7, 11) is 0. The summed E-state index contributed by atoms with van der Waals surface area (Å²) in [5.41, 5.74) is 6.21. The summed E-state index contributed by atoms with van der Waals surface area (Å²) in [6, 6.07) is -0.878. The van der Waals surface area contributed by atoms with E-state index in [4.69, 9.17) is 15.6 Å².